The molecule has 1 aliphatic heterocycles. The van der Waals surface area contributed by atoms with Gasteiger partial charge in [0.05, 0.1) is 6.07 Å². The molecule has 1 heterocycles. The van der Waals surface area contributed by atoms with Gasteiger partial charge in [-0.3, -0.25) is 4.79 Å². The maximum absolute atomic E-state index is 11.4. The van der Waals surface area contributed by atoms with Crippen LogP contribution in [0.1, 0.15) is 25.7 Å². The SMILES string of the molecule is Cl.N#CCCC(=O)N1CCCC(N)C1. The van der Waals surface area contributed by atoms with Crippen LogP contribution in [0.2, 0.25) is 0 Å². The van der Waals surface area contributed by atoms with E-state index in [4.69, 9.17) is 11.0 Å². The van der Waals surface area contributed by atoms with Gasteiger partial charge in [-0.25, -0.2) is 0 Å². The molecule has 0 aromatic rings. The van der Waals surface area contributed by atoms with Gasteiger partial charge >= 0.3 is 0 Å². The Balaban J connectivity index is 0.00000169. The van der Waals surface area contributed by atoms with Gasteiger partial charge in [-0.05, 0) is 12.8 Å². The smallest absolute Gasteiger partial charge is 0.223 e. The summed E-state index contributed by atoms with van der Waals surface area (Å²) in [4.78, 5) is 13.2. The van der Waals surface area contributed by atoms with Crippen molar-refractivity contribution in [3.63, 3.8) is 0 Å². The molecule has 1 amide bonds. The molecule has 1 saturated heterocycles. The van der Waals surface area contributed by atoms with Gasteiger partial charge in [-0.2, -0.15) is 5.26 Å². The number of carbonyl (C=O) groups excluding carboxylic acids is 1. The predicted molar refractivity (Wildman–Crippen MR) is 55.9 cm³/mol. The van der Waals surface area contributed by atoms with Crippen LogP contribution in [-0.2, 0) is 4.79 Å². The van der Waals surface area contributed by atoms with Crippen molar-refractivity contribution in [3.8, 4) is 6.07 Å². The Bertz CT molecular complexity index is 227. The molecule has 0 saturated carbocycles. The predicted octanol–water partition coefficient (Wildman–Crippen LogP) is 0.662. The second kappa shape index (κ2) is 6.63. The molecule has 1 aliphatic rings. The molecule has 0 bridgehead atoms. The zero-order valence-electron chi connectivity index (χ0n) is 8.11. The highest BCUT2D eigenvalue weighted by Crippen LogP contribution is 2.09. The van der Waals surface area contributed by atoms with Crippen LogP contribution >= 0.6 is 12.4 Å². The summed E-state index contributed by atoms with van der Waals surface area (Å²) in [5.41, 5.74) is 5.73. The van der Waals surface area contributed by atoms with Gasteiger partial charge in [0.25, 0.3) is 0 Å². The van der Waals surface area contributed by atoms with E-state index in [1.165, 1.54) is 0 Å². The fraction of sp³-hybridized carbons (Fsp3) is 0.778. The first-order valence-electron chi connectivity index (χ1n) is 4.64. The van der Waals surface area contributed by atoms with Gasteiger partial charge in [0.1, 0.15) is 0 Å². The van der Waals surface area contributed by atoms with E-state index in [9.17, 15) is 4.79 Å². The second-order valence-corrected chi connectivity index (χ2v) is 3.40. The summed E-state index contributed by atoms with van der Waals surface area (Å²) >= 11 is 0. The molecule has 0 aromatic heterocycles. The first kappa shape index (κ1) is 13.2. The topological polar surface area (TPSA) is 70.1 Å². The molecule has 0 aliphatic carbocycles. The van der Waals surface area contributed by atoms with Crippen molar-refractivity contribution < 1.29 is 4.79 Å². The average Bonchev–Trinajstić information content (AvgIpc) is 2.14. The van der Waals surface area contributed by atoms with E-state index < -0.39 is 0 Å². The molecule has 1 fully saturated rings. The third kappa shape index (κ3) is 3.95. The summed E-state index contributed by atoms with van der Waals surface area (Å²) in [6, 6.07) is 2.09. The molecule has 14 heavy (non-hydrogen) atoms. The minimum absolute atomic E-state index is 0. The zero-order valence-corrected chi connectivity index (χ0v) is 8.92. The van der Waals surface area contributed by atoms with Gasteiger partial charge < -0.3 is 10.6 Å². The van der Waals surface area contributed by atoms with E-state index in [1.807, 2.05) is 6.07 Å². The zero-order chi connectivity index (χ0) is 9.68. The molecule has 0 radical (unpaired) electrons. The van der Waals surface area contributed by atoms with Gasteiger partial charge in [0.2, 0.25) is 5.91 Å². The molecule has 1 unspecified atom stereocenters. The molecule has 1 rings (SSSR count). The molecule has 2 N–H and O–H groups in total. The van der Waals surface area contributed by atoms with Gasteiger partial charge in [-0.1, -0.05) is 0 Å². The number of rotatable bonds is 2. The lowest BCUT2D eigenvalue weighted by molar-refractivity contribution is -0.132. The summed E-state index contributed by atoms with van der Waals surface area (Å²) in [5.74, 6) is 0.0664. The summed E-state index contributed by atoms with van der Waals surface area (Å²) in [6.45, 7) is 1.46. The molecule has 1 atom stereocenters. The molecule has 0 aromatic carbocycles. The minimum atomic E-state index is 0. The van der Waals surface area contributed by atoms with Crippen molar-refractivity contribution in [3.05, 3.63) is 0 Å². The third-order valence-corrected chi connectivity index (χ3v) is 2.26. The van der Waals surface area contributed by atoms with Gasteiger partial charge in [0, 0.05) is 32.0 Å². The summed E-state index contributed by atoms with van der Waals surface area (Å²) in [6.07, 6.45) is 2.63. The molecule has 4 nitrogen and oxygen atoms in total. The normalized spacial score (nSPS) is 20.9. The summed E-state index contributed by atoms with van der Waals surface area (Å²) < 4.78 is 0. The Morgan fingerprint density at radius 1 is 1.64 bits per heavy atom. The quantitative estimate of drug-likeness (QED) is 0.739. The van der Waals surface area contributed by atoms with Crippen molar-refractivity contribution >= 4 is 18.3 Å². The largest absolute Gasteiger partial charge is 0.341 e. The highest BCUT2D eigenvalue weighted by molar-refractivity contribution is 5.85. The van der Waals surface area contributed by atoms with Crippen molar-refractivity contribution in [1.29, 1.82) is 5.26 Å². The highest BCUT2D eigenvalue weighted by Gasteiger charge is 2.20. The lowest BCUT2D eigenvalue weighted by Gasteiger charge is -2.30. The number of hydrogen-bond donors (Lipinski definition) is 1. The van der Waals surface area contributed by atoms with Crippen LogP contribution in [-0.4, -0.2) is 29.9 Å². The Kier molecular flexibility index (Phi) is 6.26. The fourth-order valence-corrected chi connectivity index (χ4v) is 1.56. The number of nitriles is 1. The van der Waals surface area contributed by atoms with E-state index in [0.29, 0.717) is 19.4 Å². The Morgan fingerprint density at radius 3 is 2.93 bits per heavy atom. The lowest BCUT2D eigenvalue weighted by atomic mass is 10.1. The van der Waals surface area contributed by atoms with Crippen LogP contribution in [0.4, 0.5) is 0 Å². The molecular weight excluding hydrogens is 202 g/mol. The number of halogens is 1. The van der Waals surface area contributed by atoms with E-state index in [1.54, 1.807) is 4.90 Å². The number of nitrogens with two attached hydrogens (primary N) is 1. The summed E-state index contributed by atoms with van der Waals surface area (Å²) in [7, 11) is 0. The number of piperidine rings is 1. The maximum Gasteiger partial charge on any atom is 0.223 e. The van der Waals surface area contributed by atoms with Crippen molar-refractivity contribution in [1.82, 2.24) is 4.90 Å². The Morgan fingerprint density at radius 2 is 2.36 bits per heavy atom. The van der Waals surface area contributed by atoms with Crippen LogP contribution in [0.25, 0.3) is 0 Å². The Labute approximate surface area is 90.5 Å². The fourth-order valence-electron chi connectivity index (χ4n) is 1.56. The highest BCUT2D eigenvalue weighted by atomic mass is 35.5. The van der Waals surface area contributed by atoms with Crippen LogP contribution < -0.4 is 5.73 Å². The van der Waals surface area contributed by atoms with Crippen molar-refractivity contribution in [2.75, 3.05) is 13.1 Å². The van der Waals surface area contributed by atoms with Crippen LogP contribution in [0, 0.1) is 11.3 Å². The van der Waals surface area contributed by atoms with Crippen LogP contribution in [0.5, 0.6) is 0 Å². The molecule has 5 heteroatoms. The van der Waals surface area contributed by atoms with Crippen molar-refractivity contribution in [2.45, 2.75) is 31.7 Å². The number of nitrogens with zero attached hydrogens (tertiary/aromatic N) is 2. The number of hydrogen-bond acceptors (Lipinski definition) is 3. The van der Waals surface area contributed by atoms with Crippen LogP contribution in [0.15, 0.2) is 0 Å². The first-order chi connectivity index (χ1) is 6.24. The number of carbonyl (C=O) groups is 1. The molecule has 80 valence electrons. The van der Waals surface area contributed by atoms with E-state index in [2.05, 4.69) is 0 Å². The minimum Gasteiger partial charge on any atom is -0.341 e. The first-order valence-corrected chi connectivity index (χ1v) is 4.64. The van der Waals surface area contributed by atoms with Crippen molar-refractivity contribution in [2.24, 2.45) is 5.73 Å². The standard InChI is InChI=1S/C9H15N3O.ClH/c10-5-1-4-9(13)12-6-2-3-8(11)7-12;/h8H,1-4,6-7,11H2;1H. The lowest BCUT2D eigenvalue weighted by Crippen LogP contribution is -2.45. The second-order valence-electron chi connectivity index (χ2n) is 3.40. The van der Waals surface area contributed by atoms with E-state index in [0.717, 1.165) is 19.4 Å². The maximum atomic E-state index is 11.4. The number of amides is 1. The Hall–Kier alpha value is -0.790. The average molecular weight is 218 g/mol. The summed E-state index contributed by atoms with van der Waals surface area (Å²) in [5, 5.41) is 8.32. The van der Waals surface area contributed by atoms with E-state index >= 15 is 0 Å². The molecular formula is C9H16ClN3O. The van der Waals surface area contributed by atoms with Gasteiger partial charge in [-0.15, -0.1) is 12.4 Å². The monoisotopic (exact) mass is 217 g/mol. The van der Waals surface area contributed by atoms with Gasteiger partial charge in [0.15, 0.2) is 0 Å². The molecule has 0 spiro atoms. The van der Waals surface area contributed by atoms with Crippen LogP contribution in [0.3, 0.4) is 0 Å². The van der Waals surface area contributed by atoms with E-state index in [-0.39, 0.29) is 24.4 Å². The number of likely N-dealkylation sites (tertiary alicyclic amines) is 1. The third-order valence-electron chi connectivity index (χ3n) is 2.26.